The fourth-order valence-electron chi connectivity index (χ4n) is 3.23. The molecule has 24 heavy (non-hydrogen) atoms. The monoisotopic (exact) mass is 338 g/mol. The van der Waals surface area contributed by atoms with Crippen molar-refractivity contribution in [2.45, 2.75) is 50.0 Å². The molecule has 132 valence electrons. The van der Waals surface area contributed by atoms with E-state index in [1.807, 2.05) is 6.92 Å². The van der Waals surface area contributed by atoms with Gasteiger partial charge in [0.2, 0.25) is 6.29 Å². The molecule has 1 heterocycles. The maximum absolute atomic E-state index is 10.1. The first kappa shape index (κ1) is 17.2. The number of phenolic OH excluding ortho intramolecular Hbond substituents is 1. The van der Waals surface area contributed by atoms with Gasteiger partial charge in [0.1, 0.15) is 35.9 Å². The number of ether oxygens (including phenoxy) is 2. The highest BCUT2D eigenvalue weighted by molar-refractivity contribution is 5.59. The molecule has 0 saturated carbocycles. The van der Waals surface area contributed by atoms with E-state index in [-0.39, 0.29) is 11.7 Å². The molecule has 1 aliphatic heterocycles. The third-order valence-corrected chi connectivity index (χ3v) is 4.73. The molecule has 1 aromatic carbocycles. The molecule has 1 aromatic rings. The predicted octanol–water partition coefficient (Wildman–Crippen LogP) is -0.213. The summed E-state index contributed by atoms with van der Waals surface area (Å²) < 4.78 is 11.0. The third kappa shape index (κ3) is 2.68. The highest BCUT2D eigenvalue weighted by Crippen LogP contribution is 2.49. The molecule has 0 amide bonds. The van der Waals surface area contributed by atoms with E-state index in [9.17, 15) is 25.5 Å². The topological polar surface area (TPSA) is 120 Å². The van der Waals surface area contributed by atoms with Gasteiger partial charge in [0.15, 0.2) is 0 Å². The van der Waals surface area contributed by atoms with Crippen molar-refractivity contribution in [2.75, 3.05) is 6.61 Å². The summed E-state index contributed by atoms with van der Waals surface area (Å²) in [6.07, 6.45) is -6.01. The second-order valence-corrected chi connectivity index (χ2v) is 6.39. The lowest BCUT2D eigenvalue weighted by atomic mass is 9.73. The minimum atomic E-state index is -1.49. The normalized spacial score (nSPS) is 35.0. The van der Waals surface area contributed by atoms with Crippen LogP contribution in [0.1, 0.15) is 24.0 Å². The van der Waals surface area contributed by atoms with Crippen LogP contribution in [-0.4, -0.2) is 62.8 Å². The Balaban J connectivity index is 1.83. The number of phenols is 1. The van der Waals surface area contributed by atoms with Crippen molar-refractivity contribution in [2.24, 2.45) is 0 Å². The van der Waals surface area contributed by atoms with Gasteiger partial charge in [0.05, 0.1) is 6.61 Å². The zero-order valence-corrected chi connectivity index (χ0v) is 13.3. The average molecular weight is 338 g/mol. The number of allylic oxidation sites excluding steroid dienone is 1. The quantitative estimate of drug-likeness (QED) is 0.482. The second kappa shape index (κ2) is 6.34. The molecule has 0 radical (unpaired) electrons. The van der Waals surface area contributed by atoms with Gasteiger partial charge in [0, 0.05) is 17.0 Å². The molecule has 7 heteroatoms. The van der Waals surface area contributed by atoms with Crippen molar-refractivity contribution in [1.82, 2.24) is 0 Å². The molecule has 1 aliphatic carbocycles. The first-order chi connectivity index (χ1) is 11.3. The maximum Gasteiger partial charge on any atom is 0.229 e. The standard InChI is InChI=1S/C17H22O7/c1-7(2)8-5-9-11(4-3-10(19)13(8)9)23-17-16(22)15(21)14(20)12(6-18)24-17/h3-4,8,12,14-22H,1,5-6H2,2H3/t8-,12-,14-,15+,16-,17-/m1/s1. The van der Waals surface area contributed by atoms with E-state index in [4.69, 9.17) is 9.47 Å². The van der Waals surface area contributed by atoms with Crippen LogP contribution in [0.5, 0.6) is 11.5 Å². The summed E-state index contributed by atoms with van der Waals surface area (Å²) >= 11 is 0. The molecule has 0 aromatic heterocycles. The van der Waals surface area contributed by atoms with Crippen LogP contribution in [0.3, 0.4) is 0 Å². The molecule has 2 aliphatic rings. The maximum atomic E-state index is 10.1. The van der Waals surface area contributed by atoms with Crippen molar-refractivity contribution in [3.05, 3.63) is 35.4 Å². The van der Waals surface area contributed by atoms with Gasteiger partial charge in [0.25, 0.3) is 0 Å². The molecule has 0 unspecified atom stereocenters. The molecule has 7 nitrogen and oxygen atoms in total. The van der Waals surface area contributed by atoms with E-state index in [0.717, 1.165) is 16.7 Å². The number of fused-ring (bicyclic) bond motifs is 1. The van der Waals surface area contributed by atoms with Crippen LogP contribution in [-0.2, 0) is 11.2 Å². The Bertz CT molecular complexity index is 642. The molecule has 5 N–H and O–H groups in total. The SMILES string of the molecule is C=C(C)[C@H]1Cc2c(O[C@@H]3O[C@H](CO)[C@@H](O)[C@H](O)[C@H]3O)ccc(O)c21. The number of hydrogen-bond acceptors (Lipinski definition) is 7. The van der Waals surface area contributed by atoms with Gasteiger partial charge in [-0.3, -0.25) is 0 Å². The molecule has 0 bridgehead atoms. The van der Waals surface area contributed by atoms with Crippen LogP contribution in [0.25, 0.3) is 0 Å². The van der Waals surface area contributed by atoms with E-state index in [0.29, 0.717) is 12.2 Å². The van der Waals surface area contributed by atoms with Crippen LogP contribution < -0.4 is 4.74 Å². The Morgan fingerprint density at radius 2 is 1.96 bits per heavy atom. The highest BCUT2D eigenvalue weighted by Gasteiger charge is 2.45. The number of benzene rings is 1. The number of aromatic hydroxyl groups is 1. The fourth-order valence-corrected chi connectivity index (χ4v) is 3.23. The largest absolute Gasteiger partial charge is 0.508 e. The minimum Gasteiger partial charge on any atom is -0.508 e. The van der Waals surface area contributed by atoms with Gasteiger partial charge in [-0.15, -0.1) is 0 Å². The van der Waals surface area contributed by atoms with E-state index in [2.05, 4.69) is 6.58 Å². The van der Waals surface area contributed by atoms with Crippen molar-refractivity contribution in [3.8, 4) is 11.5 Å². The Morgan fingerprint density at radius 3 is 2.58 bits per heavy atom. The third-order valence-electron chi connectivity index (χ3n) is 4.73. The average Bonchev–Trinajstić information content (AvgIpc) is 2.50. The fraction of sp³-hybridized carbons (Fsp3) is 0.529. The van der Waals surface area contributed by atoms with E-state index in [1.165, 1.54) is 6.07 Å². The first-order valence-electron chi connectivity index (χ1n) is 7.82. The molecule has 3 rings (SSSR count). The van der Waals surface area contributed by atoms with Crippen LogP contribution in [0, 0.1) is 0 Å². The Labute approximate surface area is 139 Å². The molecular weight excluding hydrogens is 316 g/mol. The van der Waals surface area contributed by atoms with E-state index >= 15 is 0 Å². The number of hydrogen-bond donors (Lipinski definition) is 5. The summed E-state index contributed by atoms with van der Waals surface area (Å²) in [7, 11) is 0. The first-order valence-corrected chi connectivity index (χ1v) is 7.82. The summed E-state index contributed by atoms with van der Waals surface area (Å²) in [5, 5.41) is 48.9. The molecule has 1 fully saturated rings. The van der Waals surface area contributed by atoms with Crippen LogP contribution in [0.15, 0.2) is 24.3 Å². The summed E-state index contributed by atoms with van der Waals surface area (Å²) in [6, 6.07) is 3.05. The zero-order chi connectivity index (χ0) is 17.6. The number of aliphatic hydroxyl groups is 4. The van der Waals surface area contributed by atoms with E-state index in [1.54, 1.807) is 6.07 Å². The molecular formula is C17H22O7. The lowest BCUT2D eigenvalue weighted by molar-refractivity contribution is -0.277. The van der Waals surface area contributed by atoms with Gasteiger partial charge < -0.3 is 35.0 Å². The van der Waals surface area contributed by atoms with E-state index < -0.39 is 37.3 Å². The lowest BCUT2D eigenvalue weighted by Crippen LogP contribution is -2.60. The molecule has 0 spiro atoms. The van der Waals surface area contributed by atoms with Gasteiger partial charge in [-0.2, -0.15) is 0 Å². The van der Waals surface area contributed by atoms with Crippen LogP contribution in [0.4, 0.5) is 0 Å². The minimum absolute atomic E-state index is 0.0540. The van der Waals surface area contributed by atoms with Crippen molar-refractivity contribution in [1.29, 1.82) is 0 Å². The van der Waals surface area contributed by atoms with Gasteiger partial charge >= 0.3 is 0 Å². The summed E-state index contributed by atoms with van der Waals surface area (Å²) in [4.78, 5) is 0. The van der Waals surface area contributed by atoms with Crippen LogP contribution in [0.2, 0.25) is 0 Å². The van der Waals surface area contributed by atoms with Crippen LogP contribution >= 0.6 is 0 Å². The summed E-state index contributed by atoms with van der Waals surface area (Å²) in [5.74, 6) is 0.633. The van der Waals surface area contributed by atoms with Crippen molar-refractivity contribution < 1.29 is 35.0 Å². The van der Waals surface area contributed by atoms with Gasteiger partial charge in [-0.25, -0.2) is 0 Å². The Kier molecular flexibility index (Phi) is 4.54. The number of rotatable bonds is 4. The predicted molar refractivity (Wildman–Crippen MR) is 83.8 cm³/mol. The Hall–Kier alpha value is -1.64. The highest BCUT2D eigenvalue weighted by atomic mass is 16.7. The summed E-state index contributed by atoms with van der Waals surface area (Å²) in [5.41, 5.74) is 2.47. The Morgan fingerprint density at radius 1 is 1.25 bits per heavy atom. The number of aliphatic hydroxyl groups excluding tert-OH is 4. The molecule has 1 saturated heterocycles. The second-order valence-electron chi connectivity index (χ2n) is 6.39. The summed E-state index contributed by atoms with van der Waals surface area (Å²) in [6.45, 7) is 5.28. The van der Waals surface area contributed by atoms with Gasteiger partial charge in [-0.1, -0.05) is 12.2 Å². The van der Waals surface area contributed by atoms with Gasteiger partial charge in [-0.05, 0) is 25.5 Å². The zero-order valence-electron chi connectivity index (χ0n) is 13.3. The smallest absolute Gasteiger partial charge is 0.229 e. The molecule has 6 atom stereocenters. The lowest BCUT2D eigenvalue weighted by Gasteiger charge is -2.41. The van der Waals surface area contributed by atoms with Crippen molar-refractivity contribution in [3.63, 3.8) is 0 Å². The van der Waals surface area contributed by atoms with Crippen molar-refractivity contribution >= 4 is 0 Å².